The van der Waals surface area contributed by atoms with E-state index in [1.807, 2.05) is 12.1 Å². The topological polar surface area (TPSA) is 26.0 Å². The maximum absolute atomic E-state index is 5.58. The monoisotopic (exact) mass is 365 g/mol. The zero-order valence-electron chi connectivity index (χ0n) is 16.2. The largest absolute Gasteiger partial charge is 0.327 e. The van der Waals surface area contributed by atoms with Crippen LogP contribution in [0.15, 0.2) is 104 Å². The van der Waals surface area contributed by atoms with Crippen molar-refractivity contribution < 1.29 is 0 Å². The fourth-order valence-corrected chi connectivity index (χ4v) is 3.29. The van der Waals surface area contributed by atoms with Crippen LogP contribution in [0.2, 0.25) is 0 Å². The van der Waals surface area contributed by atoms with Crippen LogP contribution in [0.25, 0.3) is 17.2 Å². The SMILES string of the molecule is C=C(c1ccccc1)c1ccccc1/C=C(\CC/C=C\CN)c1ccccc1. The molecule has 0 aromatic heterocycles. The molecule has 0 aliphatic carbocycles. The first-order valence-corrected chi connectivity index (χ1v) is 9.74. The predicted molar refractivity (Wildman–Crippen MR) is 123 cm³/mol. The van der Waals surface area contributed by atoms with Crippen molar-refractivity contribution in [2.24, 2.45) is 5.73 Å². The van der Waals surface area contributed by atoms with E-state index < -0.39 is 0 Å². The Morgan fingerprint density at radius 1 is 0.750 bits per heavy atom. The van der Waals surface area contributed by atoms with Crippen LogP contribution in [-0.4, -0.2) is 6.54 Å². The molecule has 1 heteroatoms. The highest BCUT2D eigenvalue weighted by Crippen LogP contribution is 2.29. The molecule has 28 heavy (non-hydrogen) atoms. The van der Waals surface area contributed by atoms with E-state index in [0.29, 0.717) is 6.54 Å². The third kappa shape index (κ3) is 5.18. The first-order chi connectivity index (χ1) is 13.8. The number of hydrogen-bond acceptors (Lipinski definition) is 1. The van der Waals surface area contributed by atoms with E-state index in [4.69, 9.17) is 5.73 Å². The molecule has 0 spiro atoms. The van der Waals surface area contributed by atoms with Gasteiger partial charge in [0.1, 0.15) is 0 Å². The molecule has 140 valence electrons. The molecule has 0 unspecified atom stereocenters. The summed E-state index contributed by atoms with van der Waals surface area (Å²) >= 11 is 0. The Bertz CT molecular complexity index is 950. The van der Waals surface area contributed by atoms with Crippen LogP contribution in [0.1, 0.15) is 35.1 Å². The van der Waals surface area contributed by atoms with Crippen LogP contribution >= 0.6 is 0 Å². The Labute approximate surface area is 168 Å². The first-order valence-electron chi connectivity index (χ1n) is 9.74. The minimum Gasteiger partial charge on any atom is -0.327 e. The van der Waals surface area contributed by atoms with Crippen molar-refractivity contribution in [3.63, 3.8) is 0 Å². The van der Waals surface area contributed by atoms with Crippen LogP contribution in [-0.2, 0) is 0 Å². The van der Waals surface area contributed by atoms with Gasteiger partial charge in [0.15, 0.2) is 0 Å². The molecule has 3 aromatic rings. The Morgan fingerprint density at radius 2 is 1.36 bits per heavy atom. The fourth-order valence-electron chi connectivity index (χ4n) is 3.29. The summed E-state index contributed by atoms with van der Waals surface area (Å²) in [5.74, 6) is 0. The van der Waals surface area contributed by atoms with Crippen LogP contribution in [0.5, 0.6) is 0 Å². The number of rotatable bonds is 8. The first kappa shape index (κ1) is 19.6. The van der Waals surface area contributed by atoms with Gasteiger partial charge < -0.3 is 5.73 Å². The molecule has 0 heterocycles. The van der Waals surface area contributed by atoms with Gasteiger partial charge in [-0.3, -0.25) is 0 Å². The average Bonchev–Trinajstić information content (AvgIpc) is 2.77. The molecule has 3 rings (SSSR count). The Hall–Kier alpha value is -3.16. The second-order valence-electron chi connectivity index (χ2n) is 6.71. The van der Waals surface area contributed by atoms with E-state index in [1.54, 1.807) is 0 Å². The molecule has 0 radical (unpaired) electrons. The van der Waals surface area contributed by atoms with Gasteiger partial charge >= 0.3 is 0 Å². The van der Waals surface area contributed by atoms with Crippen LogP contribution < -0.4 is 5.73 Å². The van der Waals surface area contributed by atoms with Gasteiger partial charge in [0.25, 0.3) is 0 Å². The van der Waals surface area contributed by atoms with Crippen molar-refractivity contribution in [3.05, 3.63) is 126 Å². The average molecular weight is 366 g/mol. The molecule has 0 aliphatic rings. The molecule has 0 saturated heterocycles. The minimum atomic E-state index is 0.587. The molecule has 3 aromatic carbocycles. The molecule has 0 bridgehead atoms. The van der Waals surface area contributed by atoms with Gasteiger partial charge in [-0.25, -0.2) is 0 Å². The van der Waals surface area contributed by atoms with E-state index in [0.717, 1.165) is 24.0 Å². The number of nitrogens with two attached hydrogens (primary N) is 1. The maximum atomic E-state index is 5.58. The van der Waals surface area contributed by atoms with Crippen LogP contribution in [0, 0.1) is 0 Å². The van der Waals surface area contributed by atoms with E-state index in [-0.39, 0.29) is 0 Å². The molecule has 0 fully saturated rings. The second-order valence-corrected chi connectivity index (χ2v) is 6.71. The molecule has 2 N–H and O–H groups in total. The summed E-state index contributed by atoms with van der Waals surface area (Å²) in [6.45, 7) is 4.96. The quantitative estimate of drug-likeness (QED) is 0.354. The highest BCUT2D eigenvalue weighted by atomic mass is 14.5. The van der Waals surface area contributed by atoms with Crippen molar-refractivity contribution in [2.45, 2.75) is 12.8 Å². The Balaban J connectivity index is 1.98. The minimum absolute atomic E-state index is 0.587. The van der Waals surface area contributed by atoms with Crippen molar-refractivity contribution in [3.8, 4) is 0 Å². The highest BCUT2D eigenvalue weighted by Gasteiger charge is 2.08. The molecule has 0 amide bonds. The summed E-state index contributed by atoms with van der Waals surface area (Å²) in [6.07, 6.45) is 8.42. The summed E-state index contributed by atoms with van der Waals surface area (Å²) in [7, 11) is 0. The van der Waals surface area contributed by atoms with Gasteiger partial charge in [-0.2, -0.15) is 0 Å². The van der Waals surface area contributed by atoms with Gasteiger partial charge in [0, 0.05) is 6.54 Å². The Morgan fingerprint density at radius 3 is 2.04 bits per heavy atom. The van der Waals surface area contributed by atoms with E-state index >= 15 is 0 Å². The lowest BCUT2D eigenvalue weighted by atomic mass is 9.92. The third-order valence-electron chi connectivity index (χ3n) is 4.77. The third-order valence-corrected chi connectivity index (χ3v) is 4.77. The van der Waals surface area contributed by atoms with Crippen LogP contribution in [0.3, 0.4) is 0 Å². The zero-order valence-corrected chi connectivity index (χ0v) is 16.2. The van der Waals surface area contributed by atoms with Gasteiger partial charge in [-0.05, 0) is 46.2 Å². The summed E-state index contributed by atoms with van der Waals surface area (Å²) in [6, 6.07) is 29.4. The van der Waals surface area contributed by atoms with Crippen molar-refractivity contribution in [1.82, 2.24) is 0 Å². The molecule has 0 aliphatic heterocycles. The van der Waals surface area contributed by atoms with E-state index in [9.17, 15) is 0 Å². The summed E-state index contributed by atoms with van der Waals surface area (Å²) in [5.41, 5.74) is 12.7. The maximum Gasteiger partial charge on any atom is 0.0106 e. The summed E-state index contributed by atoms with van der Waals surface area (Å²) in [5, 5.41) is 0. The van der Waals surface area contributed by atoms with E-state index in [1.165, 1.54) is 22.3 Å². The van der Waals surface area contributed by atoms with Gasteiger partial charge in [0.2, 0.25) is 0 Å². The van der Waals surface area contributed by atoms with Gasteiger partial charge in [0.05, 0.1) is 0 Å². The summed E-state index contributed by atoms with van der Waals surface area (Å²) in [4.78, 5) is 0. The highest BCUT2D eigenvalue weighted by molar-refractivity contribution is 5.89. The summed E-state index contributed by atoms with van der Waals surface area (Å²) < 4.78 is 0. The lowest BCUT2D eigenvalue weighted by Crippen LogP contribution is -1.93. The molecule has 1 nitrogen and oxygen atoms in total. The Kier molecular flexibility index (Phi) is 7.17. The molecular weight excluding hydrogens is 338 g/mol. The zero-order chi connectivity index (χ0) is 19.6. The second kappa shape index (κ2) is 10.2. The van der Waals surface area contributed by atoms with Gasteiger partial charge in [-0.15, -0.1) is 0 Å². The lowest BCUT2D eigenvalue weighted by Gasteiger charge is -2.13. The molecule has 0 saturated carbocycles. The number of hydrogen-bond donors (Lipinski definition) is 1. The number of allylic oxidation sites excluding steroid dienone is 2. The lowest BCUT2D eigenvalue weighted by molar-refractivity contribution is 1.06. The van der Waals surface area contributed by atoms with Crippen molar-refractivity contribution >= 4 is 17.2 Å². The normalized spacial score (nSPS) is 11.7. The van der Waals surface area contributed by atoms with Crippen molar-refractivity contribution in [1.29, 1.82) is 0 Å². The molecule has 0 atom stereocenters. The van der Waals surface area contributed by atoms with Gasteiger partial charge in [-0.1, -0.05) is 110 Å². The van der Waals surface area contributed by atoms with E-state index in [2.05, 4.69) is 97.6 Å². The number of benzene rings is 3. The van der Waals surface area contributed by atoms with Crippen molar-refractivity contribution in [2.75, 3.05) is 6.54 Å². The predicted octanol–water partition coefficient (Wildman–Crippen LogP) is 6.58. The standard InChI is InChI=1S/C27H27N/c1-22(23-13-5-2-6-14-23)27-19-11-10-18-26(27)21-25(17-9-4-12-20-28)24-15-7-3-8-16-24/h2-8,10-16,18-19,21H,1,9,17,20,28H2/b12-4-,25-21+. The fraction of sp³-hybridized carbons (Fsp3) is 0.111. The smallest absolute Gasteiger partial charge is 0.0106 e. The van der Waals surface area contributed by atoms with Crippen LogP contribution in [0.4, 0.5) is 0 Å². The molecular formula is C27H27N.